The van der Waals surface area contributed by atoms with Gasteiger partial charge in [-0.15, -0.1) is 0 Å². The maximum Gasteiger partial charge on any atom is 0.160 e. The van der Waals surface area contributed by atoms with Crippen molar-refractivity contribution in [2.75, 3.05) is 0 Å². The van der Waals surface area contributed by atoms with Crippen LogP contribution < -0.4 is 0 Å². The Labute approximate surface area is 245 Å². The van der Waals surface area contributed by atoms with Crippen LogP contribution in [0.2, 0.25) is 0 Å². The molecule has 0 amide bonds. The lowest BCUT2D eigenvalue weighted by atomic mass is 9.99. The smallest absolute Gasteiger partial charge is 0.160 e. The van der Waals surface area contributed by atoms with E-state index in [0.717, 1.165) is 67.4 Å². The van der Waals surface area contributed by atoms with Crippen LogP contribution in [0.15, 0.2) is 158 Å². The van der Waals surface area contributed by atoms with Gasteiger partial charge in [-0.3, -0.25) is 9.97 Å². The highest BCUT2D eigenvalue weighted by Crippen LogP contribution is 2.30. The van der Waals surface area contributed by atoms with E-state index in [0.29, 0.717) is 0 Å². The number of nitrogens with zero attached hydrogens (tertiary/aromatic N) is 4. The zero-order valence-corrected chi connectivity index (χ0v) is 22.8. The molecule has 0 saturated carbocycles. The summed E-state index contributed by atoms with van der Waals surface area (Å²) in [4.78, 5) is 18.6. The third kappa shape index (κ3) is 5.34. The minimum Gasteiger partial charge on any atom is -0.265 e. The van der Waals surface area contributed by atoms with Crippen molar-refractivity contribution in [3.8, 4) is 67.4 Å². The topological polar surface area (TPSA) is 51.6 Å². The van der Waals surface area contributed by atoms with Gasteiger partial charge in [0.15, 0.2) is 5.82 Å². The molecule has 3 heterocycles. The van der Waals surface area contributed by atoms with E-state index in [-0.39, 0.29) is 0 Å². The Hall–Kier alpha value is -5.74. The van der Waals surface area contributed by atoms with Crippen molar-refractivity contribution in [1.82, 2.24) is 19.9 Å². The lowest BCUT2D eigenvalue weighted by Crippen LogP contribution is -1.95. The number of rotatable bonds is 6. The van der Waals surface area contributed by atoms with Crippen LogP contribution in [0, 0.1) is 0 Å². The lowest BCUT2D eigenvalue weighted by Gasteiger charge is -2.10. The zero-order chi connectivity index (χ0) is 28.1. The number of hydrogen-bond donors (Lipinski definition) is 0. The van der Waals surface area contributed by atoms with Gasteiger partial charge in [-0.05, 0) is 41.0 Å². The van der Waals surface area contributed by atoms with Crippen molar-refractivity contribution >= 4 is 0 Å². The quantitative estimate of drug-likeness (QED) is 0.212. The highest BCUT2D eigenvalue weighted by Gasteiger charge is 2.11. The van der Waals surface area contributed by atoms with Crippen LogP contribution in [0.5, 0.6) is 0 Å². The molecule has 0 fully saturated rings. The van der Waals surface area contributed by atoms with Gasteiger partial charge >= 0.3 is 0 Å². The lowest BCUT2D eigenvalue weighted by molar-refractivity contribution is 1.18. The molecule has 4 aromatic carbocycles. The summed E-state index contributed by atoms with van der Waals surface area (Å²) in [7, 11) is 0. The normalized spacial score (nSPS) is 10.9. The average molecular weight is 539 g/mol. The van der Waals surface area contributed by atoms with Crippen molar-refractivity contribution in [2.45, 2.75) is 0 Å². The summed E-state index contributed by atoms with van der Waals surface area (Å²) in [5.41, 5.74) is 11.4. The van der Waals surface area contributed by atoms with Crippen LogP contribution in [0.1, 0.15) is 0 Å². The second-order valence-electron chi connectivity index (χ2n) is 10.0. The highest BCUT2D eigenvalue weighted by molar-refractivity contribution is 5.75. The van der Waals surface area contributed by atoms with Crippen molar-refractivity contribution in [1.29, 1.82) is 0 Å². The van der Waals surface area contributed by atoms with Crippen LogP contribution in [-0.4, -0.2) is 19.9 Å². The molecule has 0 saturated heterocycles. The minimum atomic E-state index is 0.718. The van der Waals surface area contributed by atoms with Gasteiger partial charge in [0.05, 0.1) is 17.1 Å². The maximum atomic E-state index is 4.95. The molecule has 4 heteroatoms. The predicted octanol–water partition coefficient (Wildman–Crippen LogP) is 9.27. The molecular formula is C38H26N4. The summed E-state index contributed by atoms with van der Waals surface area (Å²) in [5.74, 6) is 0.718. The second-order valence-corrected chi connectivity index (χ2v) is 10.0. The van der Waals surface area contributed by atoms with E-state index in [1.165, 1.54) is 0 Å². The fourth-order valence-electron chi connectivity index (χ4n) is 5.01. The standard InChI is InChI=1S/C38H26N4/c1-3-7-30(8-4-1)36-25-37(42-38(41-36)33-9-5-2-6-10-33)31-17-15-28(16-18-31)27-11-13-29(14-12-27)34-19-20-35(40-26-34)32-21-23-39-24-22-32/h1-26H. The Morgan fingerprint density at radius 3 is 1.33 bits per heavy atom. The monoisotopic (exact) mass is 538 g/mol. The number of hydrogen-bond acceptors (Lipinski definition) is 4. The van der Waals surface area contributed by atoms with Gasteiger partial charge < -0.3 is 0 Å². The molecule has 4 nitrogen and oxygen atoms in total. The molecule has 0 aliphatic carbocycles. The van der Waals surface area contributed by atoms with Gasteiger partial charge in [0.25, 0.3) is 0 Å². The van der Waals surface area contributed by atoms with E-state index in [9.17, 15) is 0 Å². The minimum absolute atomic E-state index is 0.718. The second kappa shape index (κ2) is 11.4. The SMILES string of the molecule is c1ccc(-c2cc(-c3ccc(-c4ccc(-c5ccc(-c6ccncc6)nc5)cc4)cc3)nc(-c3ccccc3)n2)cc1. The third-order valence-electron chi connectivity index (χ3n) is 7.30. The summed E-state index contributed by atoms with van der Waals surface area (Å²) in [5, 5.41) is 0. The number of benzene rings is 4. The van der Waals surface area contributed by atoms with Gasteiger partial charge in [-0.1, -0.05) is 115 Å². The average Bonchev–Trinajstić information content (AvgIpc) is 3.09. The van der Waals surface area contributed by atoms with E-state index < -0.39 is 0 Å². The molecule has 0 spiro atoms. The number of aromatic nitrogens is 4. The zero-order valence-electron chi connectivity index (χ0n) is 22.8. The van der Waals surface area contributed by atoms with E-state index in [1.54, 1.807) is 12.4 Å². The van der Waals surface area contributed by atoms with E-state index in [2.05, 4.69) is 88.8 Å². The Balaban J connectivity index is 1.15. The van der Waals surface area contributed by atoms with Crippen molar-refractivity contribution in [3.63, 3.8) is 0 Å². The van der Waals surface area contributed by atoms with Crippen LogP contribution in [0.4, 0.5) is 0 Å². The Morgan fingerprint density at radius 2 is 0.786 bits per heavy atom. The molecule has 7 aromatic rings. The summed E-state index contributed by atoms with van der Waals surface area (Å²) < 4.78 is 0. The summed E-state index contributed by atoms with van der Waals surface area (Å²) in [6, 6.07) is 47.8. The van der Waals surface area contributed by atoms with Gasteiger partial charge in [0.1, 0.15) is 0 Å². The van der Waals surface area contributed by atoms with E-state index >= 15 is 0 Å². The molecule has 0 unspecified atom stereocenters. The molecule has 0 aliphatic heterocycles. The summed E-state index contributed by atoms with van der Waals surface area (Å²) in [6.45, 7) is 0. The van der Waals surface area contributed by atoms with Gasteiger partial charge in [0.2, 0.25) is 0 Å². The van der Waals surface area contributed by atoms with Crippen LogP contribution in [0.25, 0.3) is 67.4 Å². The fourth-order valence-corrected chi connectivity index (χ4v) is 5.01. The molecule has 0 bridgehead atoms. The number of pyridine rings is 2. The Morgan fingerprint density at radius 1 is 0.333 bits per heavy atom. The summed E-state index contributed by atoms with van der Waals surface area (Å²) >= 11 is 0. The first-order valence-corrected chi connectivity index (χ1v) is 13.9. The molecule has 0 aliphatic rings. The predicted molar refractivity (Wildman–Crippen MR) is 170 cm³/mol. The van der Waals surface area contributed by atoms with Crippen molar-refractivity contribution < 1.29 is 0 Å². The maximum absolute atomic E-state index is 4.95. The highest BCUT2D eigenvalue weighted by atomic mass is 14.9. The first-order chi connectivity index (χ1) is 20.8. The third-order valence-corrected chi connectivity index (χ3v) is 7.30. The van der Waals surface area contributed by atoms with Crippen molar-refractivity contribution in [2.24, 2.45) is 0 Å². The Bertz CT molecular complexity index is 1860. The summed E-state index contributed by atoms with van der Waals surface area (Å²) in [6.07, 6.45) is 5.50. The van der Waals surface area contributed by atoms with Gasteiger partial charge in [0, 0.05) is 46.4 Å². The fraction of sp³-hybridized carbons (Fsp3) is 0. The van der Waals surface area contributed by atoms with Crippen molar-refractivity contribution in [3.05, 3.63) is 158 Å². The van der Waals surface area contributed by atoms with Crippen LogP contribution in [-0.2, 0) is 0 Å². The van der Waals surface area contributed by atoms with Crippen LogP contribution >= 0.6 is 0 Å². The Kier molecular flexibility index (Phi) is 6.85. The molecule has 0 radical (unpaired) electrons. The first-order valence-electron chi connectivity index (χ1n) is 13.9. The van der Waals surface area contributed by atoms with Gasteiger partial charge in [-0.2, -0.15) is 0 Å². The van der Waals surface area contributed by atoms with E-state index in [1.807, 2.05) is 66.9 Å². The largest absolute Gasteiger partial charge is 0.265 e. The first kappa shape index (κ1) is 25.2. The van der Waals surface area contributed by atoms with Crippen LogP contribution in [0.3, 0.4) is 0 Å². The molecule has 7 rings (SSSR count). The molecule has 198 valence electrons. The molecular weight excluding hydrogens is 512 g/mol. The molecule has 42 heavy (non-hydrogen) atoms. The molecule has 3 aromatic heterocycles. The molecule has 0 N–H and O–H groups in total. The van der Waals surface area contributed by atoms with E-state index in [4.69, 9.17) is 9.97 Å². The molecule has 0 atom stereocenters. The van der Waals surface area contributed by atoms with Gasteiger partial charge in [-0.25, -0.2) is 9.97 Å².